The minimum atomic E-state index is 0.754. The van der Waals surface area contributed by atoms with E-state index >= 15 is 0 Å². The van der Waals surface area contributed by atoms with Gasteiger partial charge in [0.05, 0.1) is 12.8 Å². The van der Waals surface area contributed by atoms with Crippen molar-refractivity contribution in [3.63, 3.8) is 0 Å². The predicted octanol–water partition coefficient (Wildman–Crippen LogP) is 3.37. The molecule has 0 aliphatic carbocycles. The molecule has 0 saturated heterocycles. The Morgan fingerprint density at radius 3 is 2.71 bits per heavy atom. The van der Waals surface area contributed by atoms with Crippen LogP contribution in [0, 0.1) is 0 Å². The Balaban J connectivity index is 2.22. The highest BCUT2D eigenvalue weighted by atomic mass is 16.3. The number of nitrogens with one attached hydrogen (secondary N) is 1. The number of aromatic nitrogens is 1. The molecule has 0 amide bonds. The van der Waals surface area contributed by atoms with Gasteiger partial charge >= 0.3 is 0 Å². The van der Waals surface area contributed by atoms with Crippen LogP contribution in [0.1, 0.15) is 37.8 Å². The summed E-state index contributed by atoms with van der Waals surface area (Å²) in [5.41, 5.74) is 2.43. The average Bonchev–Trinajstić information content (AvgIpc) is 3.03. The van der Waals surface area contributed by atoms with E-state index in [1.807, 2.05) is 12.1 Å². The van der Waals surface area contributed by atoms with E-state index in [4.69, 9.17) is 9.40 Å². The molecule has 2 heterocycles. The van der Waals surface area contributed by atoms with E-state index in [1.165, 1.54) is 5.56 Å². The Bertz CT molecular complexity index is 537. The second kappa shape index (κ2) is 7.84. The summed E-state index contributed by atoms with van der Waals surface area (Å²) in [6.45, 7) is 9.93. The zero-order valence-corrected chi connectivity index (χ0v) is 13.2. The Morgan fingerprint density at radius 2 is 2.10 bits per heavy atom. The smallest absolute Gasteiger partial charge is 0.129 e. The Kier molecular flexibility index (Phi) is 5.81. The molecular weight excluding hydrogens is 262 g/mol. The van der Waals surface area contributed by atoms with E-state index < -0.39 is 0 Å². The van der Waals surface area contributed by atoms with E-state index in [1.54, 1.807) is 6.26 Å². The Hall–Kier alpha value is -1.81. The first kappa shape index (κ1) is 15.6. The maximum atomic E-state index is 5.46. The summed E-state index contributed by atoms with van der Waals surface area (Å²) < 4.78 is 5.46. The van der Waals surface area contributed by atoms with Crippen molar-refractivity contribution in [1.82, 2.24) is 10.3 Å². The van der Waals surface area contributed by atoms with Crippen molar-refractivity contribution >= 4 is 5.82 Å². The number of furan rings is 1. The van der Waals surface area contributed by atoms with Crippen molar-refractivity contribution in [3.8, 4) is 0 Å². The number of hydrogen-bond donors (Lipinski definition) is 1. The second-order valence-electron chi connectivity index (χ2n) is 5.05. The quantitative estimate of drug-likeness (QED) is 0.808. The largest absolute Gasteiger partial charge is 0.467 e. The fourth-order valence-electron chi connectivity index (χ4n) is 2.29. The van der Waals surface area contributed by atoms with Crippen LogP contribution in [0.5, 0.6) is 0 Å². The third kappa shape index (κ3) is 4.33. The fourth-order valence-corrected chi connectivity index (χ4v) is 2.29. The molecule has 2 aromatic rings. The number of aryl methyl sites for hydroxylation is 1. The lowest BCUT2D eigenvalue weighted by molar-refractivity contribution is 0.502. The Morgan fingerprint density at radius 1 is 1.24 bits per heavy atom. The van der Waals surface area contributed by atoms with Gasteiger partial charge in [0.2, 0.25) is 0 Å². The number of rotatable bonds is 8. The molecule has 0 saturated carbocycles. The predicted molar refractivity (Wildman–Crippen MR) is 86.4 cm³/mol. The van der Waals surface area contributed by atoms with Crippen molar-refractivity contribution in [2.45, 2.75) is 40.3 Å². The summed E-state index contributed by atoms with van der Waals surface area (Å²) in [6.07, 6.45) is 2.67. The van der Waals surface area contributed by atoms with Crippen molar-refractivity contribution < 1.29 is 4.42 Å². The van der Waals surface area contributed by atoms with Crippen LogP contribution < -0.4 is 10.2 Å². The maximum absolute atomic E-state index is 5.46. The molecule has 0 aliphatic heterocycles. The molecular formula is C17H25N3O. The molecule has 2 rings (SSSR count). The standard InChI is InChI=1S/C17H25N3O/c1-4-15-10-14(12-18-5-2)11-17(19-15)20(6-3)13-16-8-7-9-21-16/h7-11,18H,4-6,12-13H2,1-3H3. The zero-order chi connectivity index (χ0) is 15.1. The first-order valence-corrected chi connectivity index (χ1v) is 7.74. The van der Waals surface area contributed by atoms with Crippen LogP contribution in [0.15, 0.2) is 34.9 Å². The number of hydrogen-bond acceptors (Lipinski definition) is 4. The summed E-state index contributed by atoms with van der Waals surface area (Å²) in [6, 6.07) is 8.29. The van der Waals surface area contributed by atoms with Gasteiger partial charge in [-0.05, 0) is 49.7 Å². The molecule has 0 aromatic carbocycles. The number of pyridine rings is 1. The van der Waals surface area contributed by atoms with Crippen LogP contribution in [0.25, 0.3) is 0 Å². The van der Waals surface area contributed by atoms with Crippen LogP contribution >= 0.6 is 0 Å². The van der Waals surface area contributed by atoms with Crippen LogP contribution in [0.3, 0.4) is 0 Å². The van der Waals surface area contributed by atoms with E-state index in [9.17, 15) is 0 Å². The van der Waals surface area contributed by atoms with Gasteiger partial charge in [-0.25, -0.2) is 4.98 Å². The van der Waals surface area contributed by atoms with Crippen molar-refractivity contribution in [2.75, 3.05) is 18.0 Å². The minimum absolute atomic E-state index is 0.754. The molecule has 0 radical (unpaired) electrons. The van der Waals surface area contributed by atoms with E-state index in [-0.39, 0.29) is 0 Å². The van der Waals surface area contributed by atoms with E-state index in [0.717, 1.165) is 49.9 Å². The minimum Gasteiger partial charge on any atom is -0.467 e. The van der Waals surface area contributed by atoms with Gasteiger partial charge in [-0.15, -0.1) is 0 Å². The topological polar surface area (TPSA) is 41.3 Å². The Labute approximate surface area is 127 Å². The SMILES string of the molecule is CCNCc1cc(CC)nc(N(CC)Cc2ccco2)c1. The molecule has 4 heteroatoms. The van der Waals surface area contributed by atoms with Gasteiger partial charge in [-0.3, -0.25) is 0 Å². The number of anilines is 1. The molecule has 0 aliphatic rings. The summed E-state index contributed by atoms with van der Waals surface area (Å²) >= 11 is 0. The normalized spacial score (nSPS) is 10.8. The molecule has 0 bridgehead atoms. The lowest BCUT2D eigenvalue weighted by Gasteiger charge is -2.22. The zero-order valence-electron chi connectivity index (χ0n) is 13.2. The van der Waals surface area contributed by atoms with Gasteiger partial charge in [0.15, 0.2) is 0 Å². The van der Waals surface area contributed by atoms with Crippen LogP contribution in [-0.4, -0.2) is 18.1 Å². The summed E-state index contributed by atoms with van der Waals surface area (Å²) in [4.78, 5) is 7.01. The average molecular weight is 287 g/mol. The molecule has 0 atom stereocenters. The summed E-state index contributed by atoms with van der Waals surface area (Å²) in [5, 5.41) is 3.38. The molecule has 2 aromatic heterocycles. The highest BCUT2D eigenvalue weighted by Crippen LogP contribution is 2.18. The van der Waals surface area contributed by atoms with Gasteiger partial charge in [0, 0.05) is 18.8 Å². The number of nitrogens with zero attached hydrogens (tertiary/aromatic N) is 2. The van der Waals surface area contributed by atoms with Crippen LogP contribution in [0.4, 0.5) is 5.82 Å². The van der Waals surface area contributed by atoms with Gasteiger partial charge in [0.25, 0.3) is 0 Å². The second-order valence-corrected chi connectivity index (χ2v) is 5.05. The van der Waals surface area contributed by atoms with Crippen molar-refractivity contribution in [2.24, 2.45) is 0 Å². The monoisotopic (exact) mass is 287 g/mol. The van der Waals surface area contributed by atoms with E-state index in [0.29, 0.717) is 0 Å². The summed E-state index contributed by atoms with van der Waals surface area (Å²) in [5.74, 6) is 2.00. The van der Waals surface area contributed by atoms with Crippen LogP contribution in [-0.2, 0) is 19.5 Å². The lowest BCUT2D eigenvalue weighted by Crippen LogP contribution is -2.24. The van der Waals surface area contributed by atoms with E-state index in [2.05, 4.69) is 43.1 Å². The summed E-state index contributed by atoms with van der Waals surface area (Å²) in [7, 11) is 0. The first-order chi connectivity index (χ1) is 10.3. The highest BCUT2D eigenvalue weighted by molar-refractivity contribution is 5.43. The molecule has 0 unspecified atom stereocenters. The third-order valence-electron chi connectivity index (χ3n) is 3.50. The van der Waals surface area contributed by atoms with Crippen molar-refractivity contribution in [3.05, 3.63) is 47.5 Å². The lowest BCUT2D eigenvalue weighted by atomic mass is 10.2. The third-order valence-corrected chi connectivity index (χ3v) is 3.50. The molecule has 1 N–H and O–H groups in total. The fraction of sp³-hybridized carbons (Fsp3) is 0.471. The first-order valence-electron chi connectivity index (χ1n) is 7.74. The van der Waals surface area contributed by atoms with Crippen LogP contribution in [0.2, 0.25) is 0 Å². The molecule has 4 nitrogen and oxygen atoms in total. The maximum Gasteiger partial charge on any atom is 0.129 e. The van der Waals surface area contributed by atoms with Gasteiger partial charge in [-0.2, -0.15) is 0 Å². The van der Waals surface area contributed by atoms with Gasteiger partial charge in [0.1, 0.15) is 11.6 Å². The van der Waals surface area contributed by atoms with Gasteiger partial charge in [-0.1, -0.05) is 13.8 Å². The molecule has 21 heavy (non-hydrogen) atoms. The van der Waals surface area contributed by atoms with Gasteiger partial charge < -0.3 is 14.6 Å². The van der Waals surface area contributed by atoms with Crippen molar-refractivity contribution in [1.29, 1.82) is 0 Å². The molecule has 0 spiro atoms. The molecule has 0 fully saturated rings. The molecule has 114 valence electrons. The highest BCUT2D eigenvalue weighted by Gasteiger charge is 2.11.